The summed E-state index contributed by atoms with van der Waals surface area (Å²) < 4.78 is 73.5. The number of halogens is 6. The van der Waals surface area contributed by atoms with Crippen molar-refractivity contribution in [3.05, 3.63) is 41.0 Å². The summed E-state index contributed by atoms with van der Waals surface area (Å²) in [5.74, 6) is -2.18. The fourth-order valence-corrected chi connectivity index (χ4v) is 1.26. The van der Waals surface area contributed by atoms with Gasteiger partial charge in [-0.1, -0.05) is 12.1 Å². The molecule has 0 aliphatic carbocycles. The van der Waals surface area contributed by atoms with Crippen molar-refractivity contribution in [1.82, 2.24) is 0 Å². The summed E-state index contributed by atoms with van der Waals surface area (Å²) in [6, 6.07) is 3.65. The molecule has 8 heteroatoms. The zero-order valence-corrected chi connectivity index (χ0v) is 9.51. The Morgan fingerprint density at radius 2 is 1.75 bits per heavy atom. The standard InChI is InChI=1S/C12H5F6NO/c13-11(14,15)9-5-7(1-3-8(9)6-19)2-4-10(20)12(16,17)18/h1-5H. The van der Waals surface area contributed by atoms with Gasteiger partial charge in [0.15, 0.2) is 0 Å². The highest BCUT2D eigenvalue weighted by atomic mass is 19.4. The van der Waals surface area contributed by atoms with Crippen LogP contribution in [0.3, 0.4) is 0 Å². The first-order valence-electron chi connectivity index (χ1n) is 4.96. The molecule has 106 valence electrons. The van der Waals surface area contributed by atoms with Crippen LogP contribution in [0.15, 0.2) is 24.3 Å². The molecule has 0 aliphatic heterocycles. The molecule has 0 aromatic heterocycles. The molecule has 0 aliphatic rings. The number of hydrogen-bond donors (Lipinski definition) is 0. The Kier molecular flexibility index (Phi) is 4.23. The van der Waals surface area contributed by atoms with E-state index < -0.39 is 29.3 Å². The molecule has 2 nitrogen and oxygen atoms in total. The fourth-order valence-electron chi connectivity index (χ4n) is 1.26. The van der Waals surface area contributed by atoms with E-state index >= 15 is 0 Å². The summed E-state index contributed by atoms with van der Waals surface area (Å²) in [6.45, 7) is 0. The van der Waals surface area contributed by atoms with Crippen LogP contribution in [-0.4, -0.2) is 12.0 Å². The van der Waals surface area contributed by atoms with Crippen LogP contribution < -0.4 is 0 Å². The Morgan fingerprint density at radius 1 is 1.15 bits per heavy atom. The maximum absolute atomic E-state index is 12.6. The third-order valence-corrected chi connectivity index (χ3v) is 2.18. The van der Waals surface area contributed by atoms with Crippen LogP contribution in [0.25, 0.3) is 6.08 Å². The van der Waals surface area contributed by atoms with Crippen LogP contribution in [0, 0.1) is 11.3 Å². The smallest absolute Gasteiger partial charge is 0.285 e. The maximum atomic E-state index is 12.6. The topological polar surface area (TPSA) is 40.9 Å². The maximum Gasteiger partial charge on any atom is 0.454 e. The molecule has 1 aromatic carbocycles. The molecular weight excluding hydrogens is 288 g/mol. The minimum Gasteiger partial charge on any atom is -0.285 e. The minimum atomic E-state index is -5.09. The van der Waals surface area contributed by atoms with Crippen LogP contribution in [0.1, 0.15) is 16.7 Å². The molecule has 0 unspecified atom stereocenters. The Labute approximate surface area is 108 Å². The van der Waals surface area contributed by atoms with E-state index in [0.717, 1.165) is 12.1 Å². The molecule has 0 amide bonds. The number of allylic oxidation sites excluding steroid dienone is 1. The van der Waals surface area contributed by atoms with E-state index in [9.17, 15) is 31.1 Å². The second-order valence-electron chi connectivity index (χ2n) is 3.61. The largest absolute Gasteiger partial charge is 0.454 e. The summed E-state index contributed by atoms with van der Waals surface area (Å²) in [5.41, 5.74) is -2.20. The van der Waals surface area contributed by atoms with Gasteiger partial charge in [-0.2, -0.15) is 31.6 Å². The summed E-state index contributed by atoms with van der Waals surface area (Å²) >= 11 is 0. The summed E-state index contributed by atoms with van der Waals surface area (Å²) in [6.07, 6.45) is -9.17. The molecule has 0 saturated carbocycles. The number of ketones is 1. The van der Waals surface area contributed by atoms with Gasteiger partial charge in [-0.05, 0) is 23.8 Å². The SMILES string of the molecule is N#Cc1ccc(C=CC(=O)C(F)(F)F)cc1C(F)(F)F. The van der Waals surface area contributed by atoms with Crippen LogP contribution in [-0.2, 0) is 11.0 Å². The van der Waals surface area contributed by atoms with Gasteiger partial charge in [0.1, 0.15) is 0 Å². The lowest BCUT2D eigenvalue weighted by Gasteiger charge is -2.09. The molecule has 0 bridgehead atoms. The number of nitrogens with zero attached hydrogens (tertiary/aromatic N) is 1. The first-order valence-corrected chi connectivity index (χ1v) is 4.96. The lowest BCUT2D eigenvalue weighted by atomic mass is 10.0. The molecule has 0 heterocycles. The molecule has 0 spiro atoms. The third kappa shape index (κ3) is 3.85. The van der Waals surface area contributed by atoms with Gasteiger partial charge in [0.2, 0.25) is 0 Å². The Morgan fingerprint density at radius 3 is 2.20 bits per heavy atom. The van der Waals surface area contributed by atoms with Crippen molar-refractivity contribution in [3.63, 3.8) is 0 Å². The number of carbonyl (C=O) groups is 1. The molecular formula is C12H5F6NO. The molecule has 0 saturated heterocycles. The zero-order valence-electron chi connectivity index (χ0n) is 9.51. The van der Waals surface area contributed by atoms with Crippen LogP contribution in [0.4, 0.5) is 26.3 Å². The van der Waals surface area contributed by atoms with E-state index in [4.69, 9.17) is 5.26 Å². The van der Waals surface area contributed by atoms with Crippen LogP contribution >= 0.6 is 0 Å². The summed E-state index contributed by atoms with van der Waals surface area (Å²) in [5, 5.41) is 8.53. The lowest BCUT2D eigenvalue weighted by Crippen LogP contribution is -2.19. The van der Waals surface area contributed by atoms with Crippen molar-refractivity contribution in [1.29, 1.82) is 5.26 Å². The average molecular weight is 293 g/mol. The van der Waals surface area contributed by atoms with Crippen molar-refractivity contribution >= 4 is 11.9 Å². The predicted octanol–water partition coefficient (Wildman–Crippen LogP) is 3.72. The average Bonchev–Trinajstić information content (AvgIpc) is 2.33. The van der Waals surface area contributed by atoms with Crippen LogP contribution in [0.5, 0.6) is 0 Å². The van der Waals surface area contributed by atoms with E-state index in [0.29, 0.717) is 12.1 Å². The lowest BCUT2D eigenvalue weighted by molar-refractivity contribution is -0.165. The van der Waals surface area contributed by atoms with E-state index in [1.54, 1.807) is 0 Å². The van der Waals surface area contributed by atoms with Gasteiger partial charge in [-0.3, -0.25) is 4.79 Å². The molecule has 1 rings (SSSR count). The van der Waals surface area contributed by atoms with Gasteiger partial charge in [0, 0.05) is 0 Å². The highest BCUT2D eigenvalue weighted by Crippen LogP contribution is 2.32. The van der Waals surface area contributed by atoms with Crippen molar-refractivity contribution < 1.29 is 31.1 Å². The van der Waals surface area contributed by atoms with Gasteiger partial charge in [0.25, 0.3) is 5.78 Å². The minimum absolute atomic E-state index is 0.127. The van der Waals surface area contributed by atoms with Gasteiger partial charge in [-0.15, -0.1) is 0 Å². The number of hydrogen-bond acceptors (Lipinski definition) is 2. The molecule has 20 heavy (non-hydrogen) atoms. The van der Waals surface area contributed by atoms with Crippen molar-refractivity contribution in [2.75, 3.05) is 0 Å². The molecule has 0 radical (unpaired) electrons. The number of rotatable bonds is 2. The number of carbonyl (C=O) groups excluding carboxylic acids is 1. The second-order valence-corrected chi connectivity index (χ2v) is 3.61. The van der Waals surface area contributed by atoms with Gasteiger partial charge in [-0.25, -0.2) is 0 Å². The van der Waals surface area contributed by atoms with E-state index in [1.807, 2.05) is 0 Å². The number of alkyl halides is 6. The molecule has 0 fully saturated rings. The van der Waals surface area contributed by atoms with Gasteiger partial charge < -0.3 is 0 Å². The number of nitriles is 1. The quantitative estimate of drug-likeness (QED) is 0.616. The van der Waals surface area contributed by atoms with Gasteiger partial charge >= 0.3 is 12.4 Å². The molecule has 0 N–H and O–H groups in total. The van der Waals surface area contributed by atoms with E-state index in [2.05, 4.69) is 0 Å². The van der Waals surface area contributed by atoms with E-state index in [-0.39, 0.29) is 11.6 Å². The Balaban J connectivity index is 3.15. The Bertz CT molecular complexity index is 591. The van der Waals surface area contributed by atoms with E-state index in [1.165, 1.54) is 6.07 Å². The predicted molar refractivity (Wildman–Crippen MR) is 56.3 cm³/mol. The van der Waals surface area contributed by atoms with Crippen molar-refractivity contribution in [2.24, 2.45) is 0 Å². The first-order chi connectivity index (χ1) is 9.05. The van der Waals surface area contributed by atoms with Gasteiger partial charge in [0.05, 0.1) is 17.2 Å². The monoisotopic (exact) mass is 293 g/mol. The summed E-state index contributed by atoms with van der Waals surface area (Å²) in [7, 11) is 0. The normalized spacial score (nSPS) is 12.4. The van der Waals surface area contributed by atoms with Crippen LogP contribution in [0.2, 0.25) is 0 Å². The fraction of sp³-hybridized carbons (Fsp3) is 0.167. The molecule has 0 atom stereocenters. The molecule has 1 aromatic rings. The number of benzene rings is 1. The van der Waals surface area contributed by atoms with Crippen molar-refractivity contribution in [2.45, 2.75) is 12.4 Å². The van der Waals surface area contributed by atoms with Crippen molar-refractivity contribution in [3.8, 4) is 6.07 Å². The second kappa shape index (κ2) is 5.36. The third-order valence-electron chi connectivity index (χ3n) is 2.18. The Hall–Kier alpha value is -2.30. The first kappa shape index (κ1) is 15.8. The summed E-state index contributed by atoms with van der Waals surface area (Å²) in [4.78, 5) is 10.6. The highest BCUT2D eigenvalue weighted by molar-refractivity contribution is 5.97. The highest BCUT2D eigenvalue weighted by Gasteiger charge is 2.36. The zero-order chi connectivity index (χ0) is 15.6.